The summed E-state index contributed by atoms with van der Waals surface area (Å²) in [6, 6.07) is 9.58. The van der Waals surface area contributed by atoms with Crippen molar-refractivity contribution in [3.8, 4) is 0 Å². The highest BCUT2D eigenvalue weighted by Crippen LogP contribution is 2.30. The number of rotatable bonds is 7. The SMILES string of the molecule is C[C@H](NC(=O)C[C@H]1CC[C@@H](NC(=O)C2CC2)[C@@H](CO)O1)c1ccccc1. The number of benzene rings is 1. The minimum atomic E-state index is -0.448. The van der Waals surface area contributed by atoms with Crippen molar-refractivity contribution in [3.05, 3.63) is 35.9 Å². The first kappa shape index (κ1) is 18.9. The van der Waals surface area contributed by atoms with Gasteiger partial charge < -0.3 is 20.5 Å². The second kappa shape index (κ2) is 8.64. The van der Waals surface area contributed by atoms with Gasteiger partial charge in [-0.15, -0.1) is 0 Å². The number of carbonyl (C=O) groups excluding carboxylic acids is 2. The number of nitrogens with one attached hydrogen (secondary N) is 2. The zero-order valence-corrected chi connectivity index (χ0v) is 15.2. The van der Waals surface area contributed by atoms with Crippen molar-refractivity contribution in [1.29, 1.82) is 0 Å². The molecule has 3 N–H and O–H groups in total. The van der Waals surface area contributed by atoms with Gasteiger partial charge in [-0.25, -0.2) is 0 Å². The van der Waals surface area contributed by atoms with Gasteiger partial charge >= 0.3 is 0 Å². The number of amides is 2. The molecule has 1 aromatic carbocycles. The van der Waals surface area contributed by atoms with E-state index < -0.39 is 6.10 Å². The largest absolute Gasteiger partial charge is 0.394 e. The molecule has 1 heterocycles. The molecule has 0 aromatic heterocycles. The van der Waals surface area contributed by atoms with Gasteiger partial charge in [0.2, 0.25) is 11.8 Å². The summed E-state index contributed by atoms with van der Waals surface area (Å²) in [6.07, 6.45) is 2.89. The maximum absolute atomic E-state index is 12.3. The second-order valence-electron chi connectivity index (χ2n) is 7.35. The molecule has 6 nitrogen and oxygen atoms in total. The zero-order valence-electron chi connectivity index (χ0n) is 15.2. The average Bonchev–Trinajstić information content (AvgIpc) is 3.48. The van der Waals surface area contributed by atoms with E-state index in [-0.39, 0.29) is 48.9 Å². The van der Waals surface area contributed by atoms with Gasteiger partial charge in [0.1, 0.15) is 6.10 Å². The van der Waals surface area contributed by atoms with Gasteiger partial charge in [-0.2, -0.15) is 0 Å². The first-order valence-corrected chi connectivity index (χ1v) is 9.47. The second-order valence-corrected chi connectivity index (χ2v) is 7.35. The molecule has 0 unspecified atom stereocenters. The number of hydrogen-bond donors (Lipinski definition) is 3. The fourth-order valence-electron chi connectivity index (χ4n) is 3.43. The van der Waals surface area contributed by atoms with Gasteiger partial charge in [0.05, 0.1) is 31.2 Å². The highest BCUT2D eigenvalue weighted by Gasteiger charge is 2.36. The lowest BCUT2D eigenvalue weighted by atomic mass is 9.96. The summed E-state index contributed by atoms with van der Waals surface area (Å²) in [5.41, 5.74) is 1.06. The van der Waals surface area contributed by atoms with Gasteiger partial charge in [0.15, 0.2) is 0 Å². The molecule has 1 aliphatic carbocycles. The molecule has 6 heteroatoms. The van der Waals surface area contributed by atoms with E-state index in [1.807, 2.05) is 37.3 Å². The number of ether oxygens (including phenoxy) is 1. The Morgan fingerprint density at radius 3 is 2.58 bits per heavy atom. The zero-order chi connectivity index (χ0) is 18.5. The van der Waals surface area contributed by atoms with Crippen LogP contribution >= 0.6 is 0 Å². The Morgan fingerprint density at radius 2 is 1.92 bits per heavy atom. The van der Waals surface area contributed by atoms with Crippen molar-refractivity contribution in [1.82, 2.24) is 10.6 Å². The molecule has 142 valence electrons. The van der Waals surface area contributed by atoms with Crippen molar-refractivity contribution in [2.24, 2.45) is 5.92 Å². The Hall–Kier alpha value is -1.92. The summed E-state index contributed by atoms with van der Waals surface area (Å²) in [6.45, 7) is 1.79. The Kier molecular flexibility index (Phi) is 6.27. The van der Waals surface area contributed by atoms with E-state index in [4.69, 9.17) is 4.74 Å². The smallest absolute Gasteiger partial charge is 0.223 e. The number of aliphatic hydroxyl groups excluding tert-OH is 1. The van der Waals surface area contributed by atoms with E-state index in [9.17, 15) is 14.7 Å². The summed E-state index contributed by atoms with van der Waals surface area (Å²) in [5.74, 6) is 0.130. The van der Waals surface area contributed by atoms with E-state index >= 15 is 0 Å². The first-order valence-electron chi connectivity index (χ1n) is 9.47. The lowest BCUT2D eigenvalue weighted by Gasteiger charge is -2.36. The molecule has 0 spiro atoms. The van der Waals surface area contributed by atoms with E-state index in [1.165, 1.54) is 0 Å². The van der Waals surface area contributed by atoms with Crippen LogP contribution in [0.4, 0.5) is 0 Å². The van der Waals surface area contributed by atoms with Gasteiger partial charge in [-0.3, -0.25) is 9.59 Å². The predicted molar refractivity (Wildman–Crippen MR) is 97.3 cm³/mol. The van der Waals surface area contributed by atoms with Crippen molar-refractivity contribution in [2.75, 3.05) is 6.61 Å². The maximum Gasteiger partial charge on any atom is 0.223 e. The minimum absolute atomic E-state index is 0.0601. The lowest BCUT2D eigenvalue weighted by molar-refractivity contribution is -0.136. The molecule has 2 aliphatic rings. The van der Waals surface area contributed by atoms with Crippen LogP contribution in [0.15, 0.2) is 30.3 Å². The third-order valence-corrected chi connectivity index (χ3v) is 5.16. The van der Waals surface area contributed by atoms with Crippen molar-refractivity contribution in [2.45, 2.75) is 63.3 Å². The van der Waals surface area contributed by atoms with Crippen LogP contribution in [0.2, 0.25) is 0 Å². The topological polar surface area (TPSA) is 87.7 Å². The van der Waals surface area contributed by atoms with Gasteiger partial charge in [-0.05, 0) is 38.2 Å². The maximum atomic E-state index is 12.3. The molecule has 2 amide bonds. The van der Waals surface area contributed by atoms with E-state index in [2.05, 4.69) is 10.6 Å². The van der Waals surface area contributed by atoms with Gasteiger partial charge in [-0.1, -0.05) is 30.3 Å². The summed E-state index contributed by atoms with van der Waals surface area (Å²) in [7, 11) is 0. The van der Waals surface area contributed by atoms with Crippen LogP contribution in [0, 0.1) is 5.92 Å². The standard InChI is InChI=1S/C20H28N2O4/c1-13(14-5-3-2-4-6-14)21-19(24)11-16-9-10-17(18(12-23)26-16)22-20(25)15-7-8-15/h2-6,13,15-18,23H,7-12H2,1H3,(H,21,24)(H,22,25)/t13-,16+,17+,18+/m0/s1. The lowest BCUT2D eigenvalue weighted by Crippen LogP contribution is -2.51. The van der Waals surface area contributed by atoms with Crippen LogP contribution in [-0.4, -0.2) is 41.8 Å². The molecule has 1 saturated heterocycles. The van der Waals surface area contributed by atoms with Crippen LogP contribution in [0.25, 0.3) is 0 Å². The Bertz CT molecular complexity index is 617. The average molecular weight is 360 g/mol. The first-order chi connectivity index (χ1) is 12.6. The molecule has 1 saturated carbocycles. The Morgan fingerprint density at radius 1 is 1.19 bits per heavy atom. The molecular formula is C20H28N2O4. The van der Waals surface area contributed by atoms with Crippen LogP contribution in [0.5, 0.6) is 0 Å². The third kappa shape index (κ3) is 5.05. The minimum Gasteiger partial charge on any atom is -0.394 e. The monoisotopic (exact) mass is 360 g/mol. The van der Waals surface area contributed by atoms with Crippen molar-refractivity contribution in [3.63, 3.8) is 0 Å². The molecule has 2 fully saturated rings. The van der Waals surface area contributed by atoms with Gasteiger partial charge in [0.25, 0.3) is 0 Å². The molecule has 26 heavy (non-hydrogen) atoms. The Labute approximate surface area is 154 Å². The normalized spacial score (nSPS) is 26.8. The molecular weight excluding hydrogens is 332 g/mol. The Balaban J connectivity index is 1.46. The highest BCUT2D eigenvalue weighted by atomic mass is 16.5. The molecule has 1 aromatic rings. The number of hydrogen-bond acceptors (Lipinski definition) is 4. The highest BCUT2D eigenvalue weighted by molar-refractivity contribution is 5.81. The van der Waals surface area contributed by atoms with E-state index in [0.29, 0.717) is 6.42 Å². The summed E-state index contributed by atoms with van der Waals surface area (Å²) >= 11 is 0. The number of carbonyl (C=O) groups is 2. The summed E-state index contributed by atoms with van der Waals surface area (Å²) in [4.78, 5) is 24.3. The molecule has 4 atom stereocenters. The molecule has 0 radical (unpaired) electrons. The van der Waals surface area contributed by atoms with Crippen LogP contribution < -0.4 is 10.6 Å². The fourth-order valence-corrected chi connectivity index (χ4v) is 3.43. The van der Waals surface area contributed by atoms with Crippen LogP contribution in [0.1, 0.15) is 50.6 Å². The van der Waals surface area contributed by atoms with Crippen LogP contribution in [-0.2, 0) is 14.3 Å². The summed E-state index contributed by atoms with van der Waals surface area (Å²) in [5, 5.41) is 15.6. The van der Waals surface area contributed by atoms with Crippen LogP contribution in [0.3, 0.4) is 0 Å². The molecule has 1 aliphatic heterocycles. The molecule has 3 rings (SSSR count). The fraction of sp³-hybridized carbons (Fsp3) is 0.600. The van der Waals surface area contributed by atoms with E-state index in [0.717, 1.165) is 24.8 Å². The quantitative estimate of drug-likeness (QED) is 0.690. The van der Waals surface area contributed by atoms with Crippen molar-refractivity contribution >= 4 is 11.8 Å². The predicted octanol–water partition coefficient (Wildman–Crippen LogP) is 1.69. The third-order valence-electron chi connectivity index (χ3n) is 5.16. The number of aliphatic hydroxyl groups is 1. The summed E-state index contributed by atoms with van der Waals surface area (Å²) < 4.78 is 5.88. The van der Waals surface area contributed by atoms with Gasteiger partial charge in [0, 0.05) is 5.92 Å². The van der Waals surface area contributed by atoms with Crippen molar-refractivity contribution < 1.29 is 19.4 Å². The molecule has 0 bridgehead atoms. The van der Waals surface area contributed by atoms with E-state index in [1.54, 1.807) is 0 Å².